The van der Waals surface area contributed by atoms with Crippen LogP contribution in [0.2, 0.25) is 5.02 Å². The Morgan fingerprint density at radius 1 is 1.23 bits per heavy atom. The Labute approximate surface area is 169 Å². The molecule has 3 nitrogen and oxygen atoms in total. The van der Waals surface area contributed by atoms with Crippen molar-refractivity contribution in [2.24, 2.45) is 0 Å². The second-order valence-corrected chi connectivity index (χ2v) is 9.70. The lowest BCUT2D eigenvalue weighted by Gasteiger charge is -2.18. The summed E-state index contributed by atoms with van der Waals surface area (Å²) in [5.41, 5.74) is -0.450. The molecule has 1 heterocycles. The van der Waals surface area contributed by atoms with Gasteiger partial charge in [0.15, 0.2) is 0 Å². The highest BCUT2D eigenvalue weighted by molar-refractivity contribution is 7.99. The molecule has 0 aliphatic rings. The van der Waals surface area contributed by atoms with Gasteiger partial charge in [0.2, 0.25) is 0 Å². The Kier molecular flexibility index (Phi) is 8.48. The molecule has 0 saturated heterocycles. The highest BCUT2D eigenvalue weighted by atomic mass is 35.5. The van der Waals surface area contributed by atoms with E-state index in [2.05, 4.69) is 11.4 Å². The van der Waals surface area contributed by atoms with Gasteiger partial charge in [-0.25, -0.2) is 4.79 Å². The Balaban J connectivity index is 1.59. The van der Waals surface area contributed by atoms with Gasteiger partial charge in [-0.15, -0.1) is 23.1 Å². The summed E-state index contributed by atoms with van der Waals surface area (Å²) in [5.74, 6) is 0.784. The monoisotopic (exact) mass is 411 g/mol. The molecule has 1 N–H and O–H groups in total. The molecule has 1 aromatic carbocycles. The number of nitrogens with one attached hydrogen (secondary N) is 1. The van der Waals surface area contributed by atoms with Crippen molar-refractivity contribution < 1.29 is 9.53 Å². The summed E-state index contributed by atoms with van der Waals surface area (Å²) in [6, 6.07) is 11.8. The predicted molar refractivity (Wildman–Crippen MR) is 113 cm³/mol. The molecule has 0 atom stereocenters. The molecular weight excluding hydrogens is 386 g/mol. The molecule has 0 bridgehead atoms. The van der Waals surface area contributed by atoms with Crippen LogP contribution in [0, 0.1) is 0 Å². The Morgan fingerprint density at radius 2 is 2.04 bits per heavy atom. The van der Waals surface area contributed by atoms with Gasteiger partial charge in [-0.05, 0) is 70.5 Å². The van der Waals surface area contributed by atoms with Crippen LogP contribution in [0.15, 0.2) is 41.3 Å². The SMILES string of the molecule is CC(C)(C)OC(=O)c1ccc(CCCNCCSc2cccc(Cl)c2)s1. The maximum Gasteiger partial charge on any atom is 0.348 e. The molecule has 0 amide bonds. The first-order chi connectivity index (χ1) is 12.3. The molecule has 0 fully saturated rings. The first-order valence-corrected chi connectivity index (χ1v) is 10.9. The van der Waals surface area contributed by atoms with E-state index in [1.54, 1.807) is 11.8 Å². The lowest BCUT2D eigenvalue weighted by molar-refractivity contribution is 0.00752. The van der Waals surface area contributed by atoms with Gasteiger partial charge in [-0.3, -0.25) is 0 Å². The zero-order chi connectivity index (χ0) is 19.0. The number of esters is 1. The molecule has 0 radical (unpaired) electrons. The van der Waals surface area contributed by atoms with Crippen molar-refractivity contribution in [3.63, 3.8) is 0 Å². The van der Waals surface area contributed by atoms with Gasteiger partial charge in [0.25, 0.3) is 0 Å². The normalized spacial score (nSPS) is 11.5. The zero-order valence-electron chi connectivity index (χ0n) is 15.5. The van der Waals surface area contributed by atoms with Crippen molar-refractivity contribution in [1.29, 1.82) is 0 Å². The van der Waals surface area contributed by atoms with Crippen LogP contribution >= 0.6 is 34.7 Å². The molecule has 0 aliphatic heterocycles. The number of hydrogen-bond donors (Lipinski definition) is 1. The van der Waals surface area contributed by atoms with E-state index in [4.69, 9.17) is 16.3 Å². The minimum absolute atomic E-state index is 0.232. The van der Waals surface area contributed by atoms with Crippen molar-refractivity contribution in [1.82, 2.24) is 5.32 Å². The predicted octanol–water partition coefficient (Wildman–Crippen LogP) is 5.67. The van der Waals surface area contributed by atoms with E-state index in [-0.39, 0.29) is 5.97 Å². The highest BCUT2D eigenvalue weighted by Crippen LogP contribution is 2.22. The standard InChI is InChI=1S/C20H26ClNO2S2/c1-20(2,3)24-19(23)18-10-9-16(26-18)8-5-11-22-12-13-25-17-7-4-6-15(21)14-17/h4,6-7,9-10,14,22H,5,8,11-13H2,1-3H3. The lowest BCUT2D eigenvalue weighted by Crippen LogP contribution is -2.23. The molecule has 142 valence electrons. The number of thioether (sulfide) groups is 1. The van der Waals surface area contributed by atoms with Crippen molar-refractivity contribution in [2.75, 3.05) is 18.8 Å². The van der Waals surface area contributed by atoms with Crippen LogP contribution in [0.3, 0.4) is 0 Å². The van der Waals surface area contributed by atoms with E-state index in [0.717, 1.165) is 36.7 Å². The fraction of sp³-hybridized carbons (Fsp3) is 0.450. The third kappa shape index (κ3) is 8.12. The van der Waals surface area contributed by atoms with Gasteiger partial charge in [0.1, 0.15) is 10.5 Å². The fourth-order valence-corrected chi connectivity index (χ4v) is 4.31. The molecule has 2 aromatic rings. The van der Waals surface area contributed by atoms with Gasteiger partial charge >= 0.3 is 5.97 Å². The Morgan fingerprint density at radius 3 is 2.77 bits per heavy atom. The van der Waals surface area contributed by atoms with Crippen LogP contribution in [0.5, 0.6) is 0 Å². The third-order valence-corrected chi connectivity index (χ3v) is 5.74. The van der Waals surface area contributed by atoms with Crippen molar-refractivity contribution in [2.45, 2.75) is 44.1 Å². The Hall–Kier alpha value is -1.01. The average molecular weight is 412 g/mol. The minimum atomic E-state index is -0.450. The maximum absolute atomic E-state index is 12.0. The maximum atomic E-state index is 12.0. The van der Waals surface area contributed by atoms with E-state index in [1.807, 2.05) is 51.1 Å². The fourth-order valence-electron chi connectivity index (χ4n) is 2.26. The van der Waals surface area contributed by atoms with Crippen LogP contribution in [0.25, 0.3) is 0 Å². The highest BCUT2D eigenvalue weighted by Gasteiger charge is 2.19. The molecule has 0 spiro atoms. The van der Waals surface area contributed by atoms with Crippen molar-refractivity contribution >= 4 is 40.7 Å². The molecule has 2 rings (SSSR count). The number of carbonyl (C=O) groups excluding carboxylic acids is 1. The van der Waals surface area contributed by atoms with Crippen LogP contribution in [0.1, 0.15) is 41.7 Å². The molecule has 1 aromatic heterocycles. The summed E-state index contributed by atoms with van der Waals surface area (Å²) in [4.78, 5) is 15.1. The lowest BCUT2D eigenvalue weighted by atomic mass is 10.2. The van der Waals surface area contributed by atoms with E-state index < -0.39 is 5.60 Å². The molecular formula is C20H26ClNO2S2. The summed E-state index contributed by atoms with van der Waals surface area (Å²) in [6.07, 6.45) is 2.03. The number of thiophene rings is 1. The van der Waals surface area contributed by atoms with Gasteiger partial charge < -0.3 is 10.1 Å². The second kappa shape index (κ2) is 10.4. The molecule has 0 aliphatic carbocycles. The van der Waals surface area contributed by atoms with Gasteiger partial charge in [0.05, 0.1) is 0 Å². The van der Waals surface area contributed by atoms with Crippen LogP contribution in [-0.4, -0.2) is 30.4 Å². The topological polar surface area (TPSA) is 38.3 Å². The second-order valence-electron chi connectivity index (χ2n) is 6.93. The van der Waals surface area contributed by atoms with Gasteiger partial charge in [0, 0.05) is 27.1 Å². The summed E-state index contributed by atoms with van der Waals surface area (Å²) in [7, 11) is 0. The molecule has 26 heavy (non-hydrogen) atoms. The summed E-state index contributed by atoms with van der Waals surface area (Å²) in [5, 5.41) is 4.24. The zero-order valence-corrected chi connectivity index (χ0v) is 17.9. The Bertz CT molecular complexity index is 710. The molecule has 0 unspecified atom stereocenters. The molecule has 0 saturated carbocycles. The van der Waals surface area contributed by atoms with E-state index in [1.165, 1.54) is 21.1 Å². The summed E-state index contributed by atoms with van der Waals surface area (Å²) < 4.78 is 5.40. The number of carbonyl (C=O) groups is 1. The van der Waals surface area contributed by atoms with E-state index in [9.17, 15) is 4.79 Å². The van der Waals surface area contributed by atoms with Gasteiger partial charge in [-0.2, -0.15) is 0 Å². The van der Waals surface area contributed by atoms with Gasteiger partial charge in [-0.1, -0.05) is 17.7 Å². The number of benzene rings is 1. The number of rotatable bonds is 9. The van der Waals surface area contributed by atoms with Crippen LogP contribution < -0.4 is 5.32 Å². The first kappa shape index (κ1) is 21.3. The quantitative estimate of drug-likeness (QED) is 0.327. The van der Waals surface area contributed by atoms with Crippen LogP contribution in [-0.2, 0) is 11.2 Å². The average Bonchev–Trinajstić information content (AvgIpc) is 3.01. The first-order valence-electron chi connectivity index (χ1n) is 8.75. The van der Waals surface area contributed by atoms with E-state index >= 15 is 0 Å². The summed E-state index contributed by atoms with van der Waals surface area (Å²) >= 11 is 9.31. The smallest absolute Gasteiger partial charge is 0.348 e. The number of aryl methyl sites for hydroxylation is 1. The largest absolute Gasteiger partial charge is 0.456 e. The minimum Gasteiger partial charge on any atom is -0.456 e. The van der Waals surface area contributed by atoms with E-state index in [0.29, 0.717) is 4.88 Å². The van der Waals surface area contributed by atoms with Crippen molar-refractivity contribution in [3.8, 4) is 0 Å². The van der Waals surface area contributed by atoms with Crippen LogP contribution in [0.4, 0.5) is 0 Å². The number of ether oxygens (including phenoxy) is 1. The van der Waals surface area contributed by atoms with Crippen molar-refractivity contribution in [3.05, 3.63) is 51.2 Å². The third-order valence-electron chi connectivity index (χ3n) is 3.38. The number of hydrogen-bond acceptors (Lipinski definition) is 5. The number of halogens is 1. The summed E-state index contributed by atoms with van der Waals surface area (Å²) in [6.45, 7) is 7.59. The molecule has 6 heteroatoms.